The molecule has 0 spiro atoms. The second kappa shape index (κ2) is 25.2. The van der Waals surface area contributed by atoms with Crippen LogP contribution < -0.4 is 21.1 Å². The van der Waals surface area contributed by atoms with Crippen LogP contribution >= 0.6 is 0 Å². The minimum Gasteiger partial charge on any atom is -0.550 e. The van der Waals surface area contributed by atoms with Gasteiger partial charge in [-0.25, -0.2) is 4.79 Å². The van der Waals surface area contributed by atoms with Gasteiger partial charge >= 0.3 is 23.5 Å². The van der Waals surface area contributed by atoms with Crippen LogP contribution in [0.4, 0.5) is 4.79 Å². The summed E-state index contributed by atoms with van der Waals surface area (Å²) < 4.78 is 4.18. The number of ether oxygens (including phenoxy) is 1. The van der Waals surface area contributed by atoms with Crippen molar-refractivity contribution in [2.24, 2.45) is 5.73 Å². The van der Waals surface area contributed by atoms with E-state index in [-0.39, 0.29) is 17.4 Å². The number of nitrogens with two attached hydrogens (primary N) is 1. The number of primary amides is 1. The Morgan fingerprint density at radius 1 is 0.895 bits per heavy atom. The summed E-state index contributed by atoms with van der Waals surface area (Å²) in [4.78, 5) is 36.3. The van der Waals surface area contributed by atoms with Crippen LogP contribution in [0, 0.1) is 0 Å². The minimum absolute atomic E-state index is 0. The van der Waals surface area contributed by atoms with E-state index in [9.17, 15) is 4.79 Å². The van der Waals surface area contributed by atoms with E-state index in [1.165, 1.54) is 0 Å². The first-order valence-electron chi connectivity index (χ1n) is 4.42. The van der Waals surface area contributed by atoms with E-state index < -0.39 is 24.0 Å². The van der Waals surface area contributed by atoms with Gasteiger partial charge in [0.15, 0.2) is 0 Å². The van der Waals surface area contributed by atoms with Gasteiger partial charge < -0.3 is 40.2 Å². The maximum Gasteiger partial charge on any atom is 3.00 e. The van der Waals surface area contributed by atoms with E-state index in [2.05, 4.69) is 10.5 Å². The van der Waals surface area contributed by atoms with Crippen LogP contribution in [-0.4, -0.2) is 48.0 Å². The zero-order valence-corrected chi connectivity index (χ0v) is 12.3. The van der Waals surface area contributed by atoms with Gasteiger partial charge in [0.05, 0.1) is 6.61 Å². The zero-order chi connectivity index (χ0) is 15.7. The van der Waals surface area contributed by atoms with Gasteiger partial charge in [0, 0.05) is 17.9 Å². The fraction of sp³-hybridized carbons (Fsp3) is 0.556. The third-order valence-electron chi connectivity index (χ3n) is 0.287. The summed E-state index contributed by atoms with van der Waals surface area (Å²) in [5.41, 5.74) is 4.54. The maximum atomic E-state index is 9.60. The number of carboxylic acid groups (broad SMARTS) is 3. The summed E-state index contributed by atoms with van der Waals surface area (Å²) in [7, 11) is 0. The van der Waals surface area contributed by atoms with Crippen LogP contribution in [0.3, 0.4) is 0 Å². The number of amides is 1. The molecular formula is C9H16AlNO8. The molecule has 10 heteroatoms. The first-order chi connectivity index (χ1) is 7.97. The SMILES string of the molecule is CC(=O)[O-].CC(=O)[O-].CC(=O)[O-].CCOC(N)=O.[Al+3]. The van der Waals surface area contributed by atoms with E-state index >= 15 is 0 Å². The van der Waals surface area contributed by atoms with Gasteiger partial charge in [0.1, 0.15) is 0 Å². The van der Waals surface area contributed by atoms with Crippen molar-refractivity contribution in [3.8, 4) is 0 Å². The van der Waals surface area contributed by atoms with Gasteiger partial charge in [-0.1, -0.05) is 0 Å². The molecule has 19 heavy (non-hydrogen) atoms. The number of carbonyl (C=O) groups excluding carboxylic acids is 4. The summed E-state index contributed by atoms with van der Waals surface area (Å²) in [6.45, 7) is 4.97. The van der Waals surface area contributed by atoms with Gasteiger partial charge in [0.25, 0.3) is 0 Å². The molecule has 0 atom stereocenters. The third kappa shape index (κ3) is 2230. The molecule has 0 aromatic rings. The average Bonchev–Trinajstić information content (AvgIpc) is 1.98. The summed E-state index contributed by atoms with van der Waals surface area (Å²) in [5, 5.41) is 26.7. The first kappa shape index (κ1) is 30.3. The van der Waals surface area contributed by atoms with Crippen molar-refractivity contribution in [2.75, 3.05) is 6.61 Å². The minimum atomic E-state index is -1.08. The van der Waals surface area contributed by atoms with Gasteiger partial charge in [0.2, 0.25) is 0 Å². The van der Waals surface area contributed by atoms with Crippen molar-refractivity contribution < 1.29 is 39.2 Å². The van der Waals surface area contributed by atoms with Gasteiger partial charge in [-0.3, -0.25) is 0 Å². The quantitative estimate of drug-likeness (QED) is 0.476. The summed E-state index contributed by atoms with van der Waals surface area (Å²) in [6.07, 6.45) is -0.711. The molecule has 0 aliphatic heterocycles. The molecule has 0 bridgehead atoms. The van der Waals surface area contributed by atoms with Crippen molar-refractivity contribution in [3.63, 3.8) is 0 Å². The molecule has 1 amide bonds. The molecule has 108 valence electrons. The van der Waals surface area contributed by atoms with Crippen LogP contribution in [0.2, 0.25) is 0 Å². The second-order valence-electron chi connectivity index (χ2n) is 2.23. The Labute approximate surface area is 121 Å². The normalized spacial score (nSPS) is 6.32. The molecule has 0 radical (unpaired) electrons. The van der Waals surface area contributed by atoms with Crippen molar-refractivity contribution >= 4 is 41.4 Å². The maximum absolute atomic E-state index is 9.60. The van der Waals surface area contributed by atoms with Crippen molar-refractivity contribution in [1.82, 2.24) is 0 Å². The molecule has 0 saturated heterocycles. The van der Waals surface area contributed by atoms with Crippen LogP contribution in [-0.2, 0) is 19.1 Å². The molecule has 0 fully saturated rings. The molecular weight excluding hydrogens is 277 g/mol. The topological polar surface area (TPSA) is 173 Å². The second-order valence-corrected chi connectivity index (χ2v) is 2.23. The van der Waals surface area contributed by atoms with Crippen LogP contribution in [0.1, 0.15) is 27.7 Å². The predicted molar refractivity (Wildman–Crippen MR) is 59.0 cm³/mol. The molecule has 0 aliphatic rings. The van der Waals surface area contributed by atoms with E-state index in [0.29, 0.717) is 6.61 Å². The monoisotopic (exact) mass is 293 g/mol. The number of hydrogen-bond donors (Lipinski definition) is 1. The molecule has 9 nitrogen and oxygen atoms in total. The Morgan fingerprint density at radius 3 is 1.05 bits per heavy atom. The van der Waals surface area contributed by atoms with Crippen molar-refractivity contribution in [3.05, 3.63) is 0 Å². The Morgan fingerprint density at radius 2 is 1.05 bits per heavy atom. The van der Waals surface area contributed by atoms with Crippen LogP contribution in [0.15, 0.2) is 0 Å². The zero-order valence-electron chi connectivity index (χ0n) is 11.1. The summed E-state index contributed by atoms with van der Waals surface area (Å²) >= 11 is 0. The molecule has 2 N–H and O–H groups in total. The van der Waals surface area contributed by atoms with Gasteiger partial charge in [-0.15, -0.1) is 0 Å². The average molecular weight is 293 g/mol. The third-order valence-corrected chi connectivity index (χ3v) is 0.287. The number of rotatable bonds is 1. The fourth-order valence-electron chi connectivity index (χ4n) is 0.142. The Bertz CT molecular complexity index is 216. The molecule has 0 unspecified atom stereocenters. The number of hydrogen-bond acceptors (Lipinski definition) is 8. The van der Waals surface area contributed by atoms with E-state index in [0.717, 1.165) is 20.8 Å². The Hall–Kier alpha value is -1.79. The van der Waals surface area contributed by atoms with E-state index in [1.54, 1.807) is 6.92 Å². The predicted octanol–water partition coefficient (Wildman–Crippen LogP) is -4.01. The standard InChI is InChI=1S/C3H7NO2.3C2H4O2.Al/c1-2-6-3(4)5;3*1-2(3)4;/h2H2,1H3,(H2,4,5);3*1H3,(H,3,4);/q;;;;+3/p-3. The first-order valence-corrected chi connectivity index (χ1v) is 4.42. The molecule has 0 aliphatic carbocycles. The number of carboxylic acids is 3. The molecule has 0 heterocycles. The van der Waals surface area contributed by atoms with Crippen molar-refractivity contribution in [2.45, 2.75) is 27.7 Å². The fourth-order valence-corrected chi connectivity index (χ4v) is 0.142. The Balaban J connectivity index is -0.0000000459. The summed E-state index contributed by atoms with van der Waals surface area (Å²) in [6, 6.07) is 0. The largest absolute Gasteiger partial charge is 3.00 e. The van der Waals surface area contributed by atoms with E-state index in [4.69, 9.17) is 29.7 Å². The molecule has 0 aromatic heterocycles. The molecule has 0 saturated carbocycles. The van der Waals surface area contributed by atoms with Crippen LogP contribution in [0.25, 0.3) is 0 Å². The smallest absolute Gasteiger partial charge is 0.550 e. The number of carbonyl (C=O) groups is 4. The molecule has 0 rings (SSSR count). The van der Waals surface area contributed by atoms with Crippen molar-refractivity contribution in [1.29, 1.82) is 0 Å². The van der Waals surface area contributed by atoms with E-state index in [1.807, 2.05) is 0 Å². The Kier molecular flexibility index (Phi) is 40.2. The van der Waals surface area contributed by atoms with Crippen LogP contribution in [0.5, 0.6) is 0 Å². The molecule has 0 aromatic carbocycles. The number of aliphatic carboxylic acids is 3. The summed E-state index contributed by atoms with van der Waals surface area (Å²) in [5.74, 6) is -3.25. The van der Waals surface area contributed by atoms with Gasteiger partial charge in [-0.2, -0.15) is 0 Å². The van der Waals surface area contributed by atoms with Gasteiger partial charge in [-0.05, 0) is 27.7 Å².